The van der Waals surface area contributed by atoms with E-state index in [1.807, 2.05) is 33.3 Å². The summed E-state index contributed by atoms with van der Waals surface area (Å²) in [6, 6.07) is 0. The molecule has 0 saturated carbocycles. The van der Waals surface area contributed by atoms with E-state index in [2.05, 4.69) is 98.9 Å². The number of nitrogens with zero attached hydrogens (tertiary/aromatic N) is 1. The van der Waals surface area contributed by atoms with Crippen molar-refractivity contribution in [3.8, 4) is 0 Å². The Kier molecular flexibility index (Phi) is 37.3. The second kappa shape index (κ2) is 39.4. The van der Waals surface area contributed by atoms with Crippen molar-refractivity contribution < 1.29 is 42.1 Å². The van der Waals surface area contributed by atoms with E-state index in [0.717, 1.165) is 51.4 Å². The average molecular weight is 830 g/mol. The molecular formula is C48H80NO8P. The lowest BCUT2D eigenvalue weighted by atomic mass is 10.2. The maximum atomic E-state index is 12.6. The number of carbonyl (C=O) groups excluding carboxylic acids is 2. The van der Waals surface area contributed by atoms with Crippen LogP contribution in [0.25, 0.3) is 0 Å². The number of ether oxygens (including phenoxy) is 2. The summed E-state index contributed by atoms with van der Waals surface area (Å²) in [5.74, 6) is -0.977. The summed E-state index contributed by atoms with van der Waals surface area (Å²) in [7, 11) is 1.08. The number of rotatable bonds is 38. The van der Waals surface area contributed by atoms with Crippen LogP contribution in [0.4, 0.5) is 0 Å². The fourth-order valence-electron chi connectivity index (χ4n) is 5.11. The number of phosphoric ester groups is 1. The highest BCUT2D eigenvalue weighted by Crippen LogP contribution is 2.38. The van der Waals surface area contributed by atoms with Gasteiger partial charge >= 0.3 is 11.9 Å². The Hall–Kier alpha value is -3.07. The predicted octanol–water partition coefficient (Wildman–Crippen LogP) is 11.9. The van der Waals surface area contributed by atoms with Crippen molar-refractivity contribution in [1.29, 1.82) is 0 Å². The highest BCUT2D eigenvalue weighted by atomic mass is 31.2. The van der Waals surface area contributed by atoms with Gasteiger partial charge in [0.25, 0.3) is 7.82 Å². The van der Waals surface area contributed by atoms with Crippen LogP contribution >= 0.6 is 7.82 Å². The molecular weight excluding hydrogens is 750 g/mol. The Morgan fingerprint density at radius 3 is 1.31 bits per heavy atom. The summed E-state index contributed by atoms with van der Waals surface area (Å²) >= 11 is 0. The number of allylic oxidation sites excluding steroid dienone is 16. The van der Waals surface area contributed by atoms with E-state index in [9.17, 15) is 19.0 Å². The first kappa shape index (κ1) is 54.9. The summed E-state index contributed by atoms with van der Waals surface area (Å²) in [6.45, 7) is 4.01. The van der Waals surface area contributed by atoms with Gasteiger partial charge in [-0.1, -0.05) is 137 Å². The van der Waals surface area contributed by atoms with Crippen molar-refractivity contribution >= 4 is 19.8 Å². The van der Waals surface area contributed by atoms with Gasteiger partial charge < -0.3 is 27.9 Å². The van der Waals surface area contributed by atoms with Crippen molar-refractivity contribution in [2.24, 2.45) is 0 Å². The molecule has 9 nitrogen and oxygen atoms in total. The molecule has 0 aromatic heterocycles. The van der Waals surface area contributed by atoms with E-state index < -0.39 is 32.5 Å². The maximum Gasteiger partial charge on any atom is 0.306 e. The Balaban J connectivity index is 4.58. The van der Waals surface area contributed by atoms with Crippen LogP contribution in [-0.2, 0) is 32.7 Å². The van der Waals surface area contributed by atoms with Crippen LogP contribution in [0.5, 0.6) is 0 Å². The molecule has 0 saturated heterocycles. The molecule has 0 aliphatic rings. The zero-order chi connectivity index (χ0) is 42.8. The molecule has 0 aliphatic heterocycles. The van der Waals surface area contributed by atoms with E-state index in [1.165, 1.54) is 44.9 Å². The lowest BCUT2D eigenvalue weighted by Crippen LogP contribution is -2.37. The normalized spacial score (nSPS) is 14.5. The molecule has 0 spiro atoms. The summed E-state index contributed by atoms with van der Waals surface area (Å²) in [4.78, 5) is 37.5. The van der Waals surface area contributed by atoms with Crippen LogP contribution in [-0.4, -0.2) is 70.0 Å². The molecule has 0 aliphatic carbocycles. The Labute approximate surface area is 353 Å². The topological polar surface area (TPSA) is 111 Å². The lowest BCUT2D eigenvalue weighted by Gasteiger charge is -2.28. The van der Waals surface area contributed by atoms with Gasteiger partial charge in [-0.05, 0) is 89.9 Å². The molecule has 0 aromatic rings. The summed E-state index contributed by atoms with van der Waals surface area (Å²) in [5.41, 5.74) is 0. The highest BCUT2D eigenvalue weighted by Gasteiger charge is 2.21. The van der Waals surface area contributed by atoms with Crippen molar-refractivity contribution in [1.82, 2.24) is 0 Å². The number of esters is 2. The first-order valence-electron chi connectivity index (χ1n) is 21.9. The SMILES string of the molecule is CCCCCC=CCC=CCC=CCC=CCCCC(=O)OCC(COP(=O)([O-])OCC[N+](C)(C)C)OC(=O)CCCC=CCC=CCC=CCC=CCCCCC. The van der Waals surface area contributed by atoms with Crippen LogP contribution in [0.2, 0.25) is 0 Å². The molecule has 330 valence electrons. The minimum atomic E-state index is -4.66. The zero-order valence-corrected chi connectivity index (χ0v) is 37.8. The maximum absolute atomic E-state index is 12.6. The number of hydrogen-bond donors (Lipinski definition) is 0. The van der Waals surface area contributed by atoms with E-state index in [0.29, 0.717) is 30.3 Å². The molecule has 0 rings (SSSR count). The van der Waals surface area contributed by atoms with Crippen LogP contribution in [0.3, 0.4) is 0 Å². The molecule has 58 heavy (non-hydrogen) atoms. The van der Waals surface area contributed by atoms with Crippen molar-refractivity contribution in [3.05, 3.63) is 97.2 Å². The minimum Gasteiger partial charge on any atom is -0.756 e. The van der Waals surface area contributed by atoms with Gasteiger partial charge in [0, 0.05) is 12.8 Å². The standard InChI is InChI=1S/C48H80NO8P/c1-6-8-10-12-14-16-18-20-22-24-26-28-30-32-34-36-38-40-47(50)54-44-46(45-56-58(52,53)55-43-42-49(3,4)5)57-48(51)41-39-37-35-33-31-29-27-25-23-21-19-17-15-13-11-9-7-2/h14-17,20-23,26-29,32-35,46H,6-13,18-19,24-25,30-31,36-45H2,1-5H3. The van der Waals surface area contributed by atoms with Gasteiger partial charge in [-0.3, -0.25) is 14.2 Å². The number of carbonyl (C=O) groups is 2. The summed E-state index contributed by atoms with van der Waals surface area (Å²) < 4.78 is 33.7. The van der Waals surface area contributed by atoms with Gasteiger partial charge in [-0.25, -0.2) is 0 Å². The highest BCUT2D eigenvalue weighted by molar-refractivity contribution is 7.45. The molecule has 0 fully saturated rings. The molecule has 2 unspecified atom stereocenters. The van der Waals surface area contributed by atoms with Gasteiger partial charge in [-0.2, -0.15) is 0 Å². The van der Waals surface area contributed by atoms with Crippen molar-refractivity contribution in [3.63, 3.8) is 0 Å². The van der Waals surface area contributed by atoms with Crippen molar-refractivity contribution in [2.45, 2.75) is 148 Å². The minimum absolute atomic E-state index is 0.0549. The van der Waals surface area contributed by atoms with Crippen LogP contribution in [0, 0.1) is 0 Å². The van der Waals surface area contributed by atoms with Crippen LogP contribution in [0.15, 0.2) is 97.2 Å². The van der Waals surface area contributed by atoms with E-state index >= 15 is 0 Å². The summed E-state index contributed by atoms with van der Waals surface area (Å²) in [6.07, 6.45) is 51.6. The van der Waals surface area contributed by atoms with Crippen LogP contribution < -0.4 is 4.89 Å². The van der Waals surface area contributed by atoms with E-state index in [-0.39, 0.29) is 26.1 Å². The number of unbranched alkanes of at least 4 members (excludes halogenated alkanes) is 8. The Morgan fingerprint density at radius 2 is 0.914 bits per heavy atom. The fourth-order valence-corrected chi connectivity index (χ4v) is 5.84. The third kappa shape index (κ3) is 42.5. The number of quaternary nitrogens is 1. The Bertz CT molecular complexity index is 1300. The molecule has 0 bridgehead atoms. The van der Waals surface area contributed by atoms with Crippen molar-refractivity contribution in [2.75, 3.05) is 47.5 Å². The van der Waals surface area contributed by atoms with Gasteiger partial charge in [0.1, 0.15) is 19.8 Å². The number of phosphoric acid groups is 1. The zero-order valence-electron chi connectivity index (χ0n) is 36.9. The van der Waals surface area contributed by atoms with Crippen LogP contribution in [0.1, 0.15) is 142 Å². The molecule has 2 atom stereocenters. The second-order valence-electron chi connectivity index (χ2n) is 15.3. The molecule has 10 heteroatoms. The largest absolute Gasteiger partial charge is 0.756 e. The number of likely N-dealkylation sites (N-methyl/N-ethyl adjacent to an activating group) is 1. The molecule has 0 radical (unpaired) electrons. The van der Waals surface area contributed by atoms with E-state index in [1.54, 1.807) is 0 Å². The molecule has 0 amide bonds. The quantitative estimate of drug-likeness (QED) is 0.0199. The second-order valence-corrected chi connectivity index (χ2v) is 16.8. The van der Waals surface area contributed by atoms with Gasteiger partial charge in [0.2, 0.25) is 0 Å². The monoisotopic (exact) mass is 830 g/mol. The van der Waals surface area contributed by atoms with E-state index in [4.69, 9.17) is 18.5 Å². The van der Waals surface area contributed by atoms with Gasteiger partial charge in [-0.15, -0.1) is 0 Å². The van der Waals surface area contributed by atoms with Gasteiger partial charge in [0.15, 0.2) is 6.10 Å². The number of hydrogen-bond acceptors (Lipinski definition) is 8. The smallest absolute Gasteiger partial charge is 0.306 e. The molecule has 0 heterocycles. The lowest BCUT2D eigenvalue weighted by molar-refractivity contribution is -0.870. The summed E-state index contributed by atoms with van der Waals surface area (Å²) in [5, 5.41) is 0. The van der Waals surface area contributed by atoms with Gasteiger partial charge in [0.05, 0.1) is 27.7 Å². The average Bonchev–Trinajstić information content (AvgIpc) is 3.17. The predicted molar refractivity (Wildman–Crippen MR) is 240 cm³/mol. The Morgan fingerprint density at radius 1 is 0.534 bits per heavy atom. The first-order chi connectivity index (χ1) is 28.0. The third-order valence-electron chi connectivity index (χ3n) is 8.58. The third-order valence-corrected chi connectivity index (χ3v) is 9.54. The first-order valence-corrected chi connectivity index (χ1v) is 23.4. The molecule has 0 N–H and O–H groups in total. The fraction of sp³-hybridized carbons (Fsp3) is 0.625. The molecule has 0 aromatic carbocycles.